The van der Waals surface area contributed by atoms with Crippen LogP contribution in [0.25, 0.3) is 0 Å². The Morgan fingerprint density at radius 3 is 1.86 bits per heavy atom. The summed E-state index contributed by atoms with van der Waals surface area (Å²) in [4.78, 5) is 2.35. The average Bonchev–Trinajstić information content (AvgIpc) is 3.35. The Bertz CT molecular complexity index is 694. The zero-order chi connectivity index (χ0) is 20.5. The van der Waals surface area contributed by atoms with Gasteiger partial charge in [-0.05, 0) is 31.0 Å². The maximum atomic E-state index is 5.52. The van der Waals surface area contributed by atoms with Gasteiger partial charge in [0.05, 0.1) is 12.2 Å². The molecule has 2 aromatic rings. The highest BCUT2D eigenvalue weighted by Crippen LogP contribution is 2.22. The summed E-state index contributed by atoms with van der Waals surface area (Å²) in [5.41, 5.74) is 2.82. The van der Waals surface area contributed by atoms with Crippen LogP contribution in [-0.2, 0) is 22.3 Å². The summed E-state index contributed by atoms with van der Waals surface area (Å²) in [6.45, 7) is 4.28. The maximum Gasteiger partial charge on any atom is 0.0741 e. The molecule has 0 aliphatic carbocycles. The van der Waals surface area contributed by atoms with Crippen molar-refractivity contribution in [3.63, 3.8) is 0 Å². The fraction of sp³-hybridized carbons (Fsp3) is 0.520. The number of nitrogens with zero attached hydrogens (tertiary/aromatic N) is 1. The van der Waals surface area contributed by atoms with Gasteiger partial charge in [-0.3, -0.25) is 0 Å². The zero-order valence-electron chi connectivity index (χ0n) is 18.1. The lowest BCUT2D eigenvalue weighted by Crippen LogP contribution is -2.22. The van der Waals surface area contributed by atoms with E-state index < -0.39 is 0 Å². The second-order valence-corrected chi connectivity index (χ2v) is 8.33. The third-order valence-electron chi connectivity index (χ3n) is 6.13. The molecule has 158 valence electrons. The molecular weight excluding hydrogens is 360 g/mol. The molecule has 2 heterocycles. The molecule has 0 amide bonds. The van der Waals surface area contributed by atoms with Crippen LogP contribution < -0.4 is 5.32 Å². The number of ether oxygens (including phenoxy) is 2. The lowest BCUT2D eigenvalue weighted by molar-refractivity contribution is 0.0798. The van der Waals surface area contributed by atoms with Gasteiger partial charge in [0.1, 0.15) is 0 Å². The Morgan fingerprint density at radius 2 is 1.31 bits per heavy atom. The molecule has 0 saturated carbocycles. The van der Waals surface area contributed by atoms with E-state index in [4.69, 9.17) is 9.47 Å². The molecule has 2 saturated heterocycles. The quantitative estimate of drug-likeness (QED) is 0.813. The van der Waals surface area contributed by atoms with E-state index >= 15 is 0 Å². The fourth-order valence-corrected chi connectivity index (χ4v) is 4.53. The van der Waals surface area contributed by atoms with Crippen LogP contribution in [0.5, 0.6) is 0 Å². The Kier molecular flexibility index (Phi) is 8.69. The number of benzene rings is 2. The van der Waals surface area contributed by atoms with Crippen LogP contribution in [0.3, 0.4) is 0 Å². The van der Waals surface area contributed by atoms with E-state index in [2.05, 4.69) is 77.9 Å². The van der Waals surface area contributed by atoms with Gasteiger partial charge in [0.25, 0.3) is 0 Å². The predicted octanol–water partition coefficient (Wildman–Crippen LogP) is 3.27. The number of hydrogen-bond acceptors (Lipinski definition) is 4. The first-order valence-electron chi connectivity index (χ1n) is 10.7. The SMILES string of the molecule is CO[C@@H]1CN(C)C[C@H]1Cc1ccccc1.CO[C@@H]1CNC[C@H]1Cc1ccccc1. The van der Waals surface area contributed by atoms with Crippen molar-refractivity contribution in [2.75, 3.05) is 47.4 Å². The van der Waals surface area contributed by atoms with Gasteiger partial charge >= 0.3 is 0 Å². The van der Waals surface area contributed by atoms with Crippen molar-refractivity contribution in [2.24, 2.45) is 11.8 Å². The summed E-state index contributed by atoms with van der Waals surface area (Å²) in [7, 11) is 5.79. The summed E-state index contributed by atoms with van der Waals surface area (Å²) < 4.78 is 11.0. The van der Waals surface area contributed by atoms with Gasteiger partial charge in [-0.15, -0.1) is 0 Å². The van der Waals surface area contributed by atoms with Gasteiger partial charge < -0.3 is 19.7 Å². The molecule has 29 heavy (non-hydrogen) atoms. The second-order valence-electron chi connectivity index (χ2n) is 8.33. The van der Waals surface area contributed by atoms with Gasteiger partial charge in [-0.2, -0.15) is 0 Å². The van der Waals surface area contributed by atoms with Gasteiger partial charge in [0, 0.05) is 52.2 Å². The molecule has 4 rings (SSSR count). The summed E-state index contributed by atoms with van der Waals surface area (Å²) in [5.74, 6) is 1.27. The van der Waals surface area contributed by atoms with Crippen molar-refractivity contribution in [1.29, 1.82) is 0 Å². The number of hydrogen-bond donors (Lipinski definition) is 1. The van der Waals surface area contributed by atoms with Crippen LogP contribution in [0, 0.1) is 11.8 Å². The molecule has 4 heteroatoms. The van der Waals surface area contributed by atoms with Crippen LogP contribution in [0.4, 0.5) is 0 Å². The molecule has 2 aromatic carbocycles. The number of likely N-dealkylation sites (N-methyl/N-ethyl adjacent to an activating group) is 1. The Labute approximate surface area is 176 Å². The highest BCUT2D eigenvalue weighted by molar-refractivity contribution is 5.17. The molecule has 0 aromatic heterocycles. The molecule has 4 atom stereocenters. The zero-order valence-corrected chi connectivity index (χ0v) is 18.1. The van der Waals surface area contributed by atoms with Crippen LogP contribution >= 0.6 is 0 Å². The molecule has 2 aliphatic heterocycles. The highest BCUT2D eigenvalue weighted by atomic mass is 16.5. The number of rotatable bonds is 6. The van der Waals surface area contributed by atoms with Crippen molar-refractivity contribution in [2.45, 2.75) is 25.0 Å². The maximum absolute atomic E-state index is 5.52. The van der Waals surface area contributed by atoms with E-state index in [1.54, 1.807) is 7.11 Å². The molecule has 0 radical (unpaired) electrons. The van der Waals surface area contributed by atoms with E-state index in [1.165, 1.54) is 11.1 Å². The second kappa shape index (κ2) is 11.5. The molecule has 0 unspecified atom stereocenters. The number of nitrogens with one attached hydrogen (secondary N) is 1. The Morgan fingerprint density at radius 1 is 0.759 bits per heavy atom. The van der Waals surface area contributed by atoms with Crippen molar-refractivity contribution in [1.82, 2.24) is 10.2 Å². The molecule has 2 aliphatic rings. The van der Waals surface area contributed by atoms with Crippen molar-refractivity contribution in [3.8, 4) is 0 Å². The van der Waals surface area contributed by atoms with Crippen LogP contribution in [0.2, 0.25) is 0 Å². The Balaban J connectivity index is 0.000000166. The van der Waals surface area contributed by atoms with Gasteiger partial charge in [0.2, 0.25) is 0 Å². The summed E-state index contributed by atoms with van der Waals surface area (Å²) in [6, 6.07) is 21.3. The third kappa shape index (κ3) is 6.65. The smallest absolute Gasteiger partial charge is 0.0741 e. The van der Waals surface area contributed by atoms with Gasteiger partial charge in [-0.1, -0.05) is 60.7 Å². The van der Waals surface area contributed by atoms with Crippen LogP contribution in [0.1, 0.15) is 11.1 Å². The minimum Gasteiger partial charge on any atom is -0.380 e. The summed E-state index contributed by atoms with van der Waals surface area (Å²) in [5, 5.41) is 3.37. The van der Waals surface area contributed by atoms with E-state index in [0.717, 1.165) is 39.0 Å². The lowest BCUT2D eigenvalue weighted by Gasteiger charge is -2.16. The van der Waals surface area contributed by atoms with E-state index in [-0.39, 0.29) is 0 Å². The first-order valence-corrected chi connectivity index (χ1v) is 10.7. The van der Waals surface area contributed by atoms with E-state index in [9.17, 15) is 0 Å². The van der Waals surface area contributed by atoms with Gasteiger partial charge in [-0.25, -0.2) is 0 Å². The van der Waals surface area contributed by atoms with E-state index in [0.29, 0.717) is 24.0 Å². The lowest BCUT2D eigenvalue weighted by atomic mass is 9.97. The monoisotopic (exact) mass is 396 g/mol. The normalized spacial score (nSPS) is 26.9. The minimum absolute atomic E-state index is 0.384. The summed E-state index contributed by atoms with van der Waals surface area (Å²) >= 11 is 0. The molecule has 1 N–H and O–H groups in total. The fourth-order valence-electron chi connectivity index (χ4n) is 4.53. The molecule has 4 nitrogen and oxygen atoms in total. The first-order chi connectivity index (χ1) is 14.2. The number of methoxy groups -OCH3 is 2. The summed E-state index contributed by atoms with van der Waals surface area (Å²) in [6.07, 6.45) is 3.03. The molecule has 2 fully saturated rings. The molecule has 0 bridgehead atoms. The number of likely N-dealkylation sites (tertiary alicyclic amines) is 1. The van der Waals surface area contributed by atoms with Crippen molar-refractivity contribution in [3.05, 3.63) is 71.8 Å². The minimum atomic E-state index is 0.384. The highest BCUT2D eigenvalue weighted by Gasteiger charge is 2.30. The Hall–Kier alpha value is -1.72. The standard InChI is InChI=1S/C13H19NO.C12H17NO/c1-14-9-12(13(10-14)15-2)8-11-6-4-3-5-7-11;1-14-12-9-13-8-11(12)7-10-5-3-2-4-6-10/h3-7,12-13H,8-10H2,1-2H3;2-6,11-13H,7-9H2,1H3/t12-,13-;11-,12-/m11/s1. The topological polar surface area (TPSA) is 33.7 Å². The van der Waals surface area contributed by atoms with Crippen molar-refractivity contribution < 1.29 is 9.47 Å². The predicted molar refractivity (Wildman–Crippen MR) is 119 cm³/mol. The van der Waals surface area contributed by atoms with Crippen molar-refractivity contribution >= 4 is 0 Å². The molecular formula is C25H36N2O2. The largest absolute Gasteiger partial charge is 0.380 e. The third-order valence-corrected chi connectivity index (χ3v) is 6.13. The van der Waals surface area contributed by atoms with Gasteiger partial charge in [0.15, 0.2) is 0 Å². The average molecular weight is 397 g/mol. The molecule has 0 spiro atoms. The van der Waals surface area contributed by atoms with E-state index in [1.807, 2.05) is 7.11 Å². The first kappa shape index (κ1) is 22.0. The van der Waals surface area contributed by atoms with Crippen LogP contribution in [0.15, 0.2) is 60.7 Å². The van der Waals surface area contributed by atoms with Crippen LogP contribution in [-0.4, -0.2) is 64.6 Å².